The highest BCUT2D eigenvalue weighted by Gasteiger charge is 2.24. The van der Waals surface area contributed by atoms with Gasteiger partial charge in [-0.2, -0.15) is 0 Å². The predicted molar refractivity (Wildman–Crippen MR) is 92.8 cm³/mol. The number of nitrogens with one attached hydrogen (secondary N) is 1. The van der Waals surface area contributed by atoms with Crippen LogP contribution >= 0.6 is 0 Å². The van der Waals surface area contributed by atoms with Crippen molar-refractivity contribution >= 4 is 33.9 Å². The van der Waals surface area contributed by atoms with E-state index in [1.165, 1.54) is 6.33 Å². The number of fused-ring (bicyclic) bond motifs is 1. The zero-order valence-corrected chi connectivity index (χ0v) is 13.5. The lowest BCUT2D eigenvalue weighted by molar-refractivity contribution is -0.383. The second-order valence-electron chi connectivity index (χ2n) is 5.50. The molecular formula is C16H16N6O2. The normalized spacial score (nSPS) is 10.6. The van der Waals surface area contributed by atoms with E-state index in [1.807, 2.05) is 37.3 Å². The van der Waals surface area contributed by atoms with Crippen LogP contribution in [0.15, 0.2) is 36.7 Å². The summed E-state index contributed by atoms with van der Waals surface area (Å²) >= 11 is 0. The fourth-order valence-electron chi connectivity index (χ4n) is 2.45. The number of benzene rings is 1. The van der Waals surface area contributed by atoms with E-state index in [2.05, 4.69) is 20.3 Å². The van der Waals surface area contributed by atoms with E-state index in [-0.39, 0.29) is 17.3 Å². The highest BCUT2D eigenvalue weighted by Crippen LogP contribution is 2.34. The monoisotopic (exact) mass is 324 g/mol. The maximum Gasteiger partial charge on any atom is 0.353 e. The number of aryl methyl sites for hydroxylation is 1. The summed E-state index contributed by atoms with van der Waals surface area (Å²) in [7, 11) is 3.40. The molecule has 1 N–H and O–H groups in total. The number of nitro groups is 1. The van der Waals surface area contributed by atoms with Crippen molar-refractivity contribution in [3.8, 4) is 0 Å². The second-order valence-corrected chi connectivity index (χ2v) is 5.50. The Morgan fingerprint density at radius 1 is 1.17 bits per heavy atom. The van der Waals surface area contributed by atoms with Gasteiger partial charge in [-0.15, -0.1) is 0 Å². The molecule has 8 nitrogen and oxygen atoms in total. The Morgan fingerprint density at radius 3 is 2.67 bits per heavy atom. The van der Waals surface area contributed by atoms with Crippen LogP contribution in [0.2, 0.25) is 0 Å². The number of hydrogen-bond acceptors (Lipinski definition) is 7. The average Bonchev–Trinajstić information content (AvgIpc) is 2.54. The molecule has 0 radical (unpaired) electrons. The smallest absolute Gasteiger partial charge is 0.353 e. The van der Waals surface area contributed by atoms with E-state index in [0.29, 0.717) is 5.69 Å². The summed E-state index contributed by atoms with van der Waals surface area (Å²) in [6.45, 7) is 1.91. The summed E-state index contributed by atoms with van der Waals surface area (Å²) in [5, 5.41) is 15.4. The molecule has 2 heterocycles. The Kier molecular flexibility index (Phi) is 3.95. The summed E-state index contributed by atoms with van der Waals surface area (Å²) in [5.74, 6) is 0.387. The van der Waals surface area contributed by atoms with Gasteiger partial charge in [0.25, 0.3) is 0 Å². The molecule has 3 aromatic rings. The Labute approximate surface area is 138 Å². The van der Waals surface area contributed by atoms with Gasteiger partial charge in [-0.25, -0.2) is 9.97 Å². The molecule has 122 valence electrons. The molecule has 0 aliphatic carbocycles. The quantitative estimate of drug-likeness (QED) is 0.582. The van der Waals surface area contributed by atoms with Crippen molar-refractivity contribution in [1.82, 2.24) is 15.0 Å². The predicted octanol–water partition coefficient (Wildman–Crippen LogP) is 3.05. The van der Waals surface area contributed by atoms with E-state index in [1.54, 1.807) is 19.0 Å². The first-order valence-corrected chi connectivity index (χ1v) is 7.27. The van der Waals surface area contributed by atoms with E-state index in [9.17, 15) is 10.1 Å². The second kappa shape index (κ2) is 6.07. The van der Waals surface area contributed by atoms with Gasteiger partial charge in [0.2, 0.25) is 11.6 Å². The molecule has 0 spiro atoms. The van der Waals surface area contributed by atoms with Crippen molar-refractivity contribution in [2.75, 3.05) is 24.3 Å². The molecule has 0 saturated heterocycles. The number of hydrogen-bond donors (Lipinski definition) is 1. The summed E-state index contributed by atoms with van der Waals surface area (Å²) in [5.41, 5.74) is 2.25. The van der Waals surface area contributed by atoms with Crippen LogP contribution in [0.1, 0.15) is 5.69 Å². The van der Waals surface area contributed by atoms with E-state index in [0.717, 1.165) is 16.6 Å². The molecule has 3 rings (SSSR count). The summed E-state index contributed by atoms with van der Waals surface area (Å²) in [4.78, 5) is 25.1. The van der Waals surface area contributed by atoms with Crippen molar-refractivity contribution in [1.29, 1.82) is 0 Å². The lowest BCUT2D eigenvalue weighted by Crippen LogP contribution is -2.14. The highest BCUT2D eigenvalue weighted by atomic mass is 16.6. The van der Waals surface area contributed by atoms with Gasteiger partial charge < -0.3 is 10.2 Å². The average molecular weight is 324 g/mol. The summed E-state index contributed by atoms with van der Waals surface area (Å²) < 4.78 is 0. The van der Waals surface area contributed by atoms with Gasteiger partial charge >= 0.3 is 5.69 Å². The number of nitrogens with zero attached hydrogens (tertiary/aromatic N) is 5. The fraction of sp³-hybridized carbons (Fsp3) is 0.188. The maximum atomic E-state index is 11.5. The zero-order chi connectivity index (χ0) is 17.3. The van der Waals surface area contributed by atoms with E-state index < -0.39 is 4.92 Å². The summed E-state index contributed by atoms with van der Waals surface area (Å²) in [6, 6.07) is 9.40. The Balaban J connectivity index is 2.13. The molecule has 0 fully saturated rings. The molecule has 8 heteroatoms. The van der Waals surface area contributed by atoms with Crippen LogP contribution in [-0.4, -0.2) is 34.0 Å². The molecule has 0 saturated carbocycles. The van der Waals surface area contributed by atoms with Gasteiger partial charge in [-0.1, -0.05) is 6.07 Å². The van der Waals surface area contributed by atoms with Gasteiger partial charge in [0.1, 0.15) is 6.33 Å². The first kappa shape index (κ1) is 15.6. The van der Waals surface area contributed by atoms with Crippen LogP contribution in [0.5, 0.6) is 0 Å². The number of aromatic nitrogens is 3. The lowest BCUT2D eigenvalue weighted by Gasteiger charge is -2.14. The van der Waals surface area contributed by atoms with Crippen LogP contribution in [0.25, 0.3) is 10.9 Å². The molecule has 24 heavy (non-hydrogen) atoms. The zero-order valence-electron chi connectivity index (χ0n) is 13.5. The van der Waals surface area contributed by atoms with E-state index >= 15 is 0 Å². The van der Waals surface area contributed by atoms with E-state index in [4.69, 9.17) is 0 Å². The maximum absolute atomic E-state index is 11.5. The minimum atomic E-state index is -0.481. The van der Waals surface area contributed by atoms with Gasteiger partial charge in [0.05, 0.1) is 10.4 Å². The third kappa shape index (κ3) is 2.81. The first-order valence-electron chi connectivity index (χ1n) is 7.27. The van der Waals surface area contributed by atoms with Crippen molar-refractivity contribution in [3.63, 3.8) is 0 Å². The first-order chi connectivity index (χ1) is 11.5. The van der Waals surface area contributed by atoms with Crippen molar-refractivity contribution < 1.29 is 4.92 Å². The van der Waals surface area contributed by atoms with Crippen LogP contribution in [0.4, 0.5) is 23.0 Å². The lowest BCUT2D eigenvalue weighted by atomic mass is 10.1. The van der Waals surface area contributed by atoms with Gasteiger partial charge in [0.15, 0.2) is 0 Å². The molecule has 2 aromatic heterocycles. The molecule has 0 atom stereocenters. The van der Waals surface area contributed by atoms with Crippen LogP contribution in [0.3, 0.4) is 0 Å². The minimum Gasteiger partial charge on any atom is -0.357 e. The topological polar surface area (TPSA) is 97.1 Å². The van der Waals surface area contributed by atoms with Crippen LogP contribution < -0.4 is 10.2 Å². The Morgan fingerprint density at radius 2 is 1.96 bits per heavy atom. The van der Waals surface area contributed by atoms with Crippen molar-refractivity contribution in [2.24, 2.45) is 0 Å². The molecule has 1 aromatic carbocycles. The van der Waals surface area contributed by atoms with Crippen molar-refractivity contribution in [3.05, 3.63) is 52.5 Å². The fourth-order valence-corrected chi connectivity index (χ4v) is 2.45. The molecule has 0 bridgehead atoms. The third-order valence-corrected chi connectivity index (χ3v) is 3.53. The number of anilines is 3. The summed E-state index contributed by atoms with van der Waals surface area (Å²) in [6.07, 6.45) is 1.30. The molecule has 0 unspecified atom stereocenters. The largest absolute Gasteiger partial charge is 0.357 e. The number of rotatable bonds is 4. The van der Waals surface area contributed by atoms with Crippen LogP contribution in [0, 0.1) is 17.0 Å². The van der Waals surface area contributed by atoms with Crippen molar-refractivity contribution in [2.45, 2.75) is 6.92 Å². The van der Waals surface area contributed by atoms with Gasteiger partial charge in [0, 0.05) is 30.9 Å². The third-order valence-electron chi connectivity index (χ3n) is 3.53. The Hall–Kier alpha value is -3.29. The molecular weight excluding hydrogens is 308 g/mol. The molecule has 0 aliphatic heterocycles. The Bertz CT molecular complexity index is 926. The SMILES string of the molecule is Cc1ccc2c(Nc3ncnc(N(C)C)c3[N+](=O)[O-])cccc2n1. The number of pyridine rings is 1. The molecule has 0 aliphatic rings. The van der Waals surface area contributed by atoms with Gasteiger partial charge in [-0.05, 0) is 31.2 Å². The minimum absolute atomic E-state index is 0.145. The standard InChI is InChI=1S/C16H16N6O2/c1-10-7-8-11-12(19-10)5-4-6-13(11)20-15-14(22(23)24)16(21(2)3)18-9-17-15/h4-9H,1-3H3,(H,17,18,20). The molecule has 0 amide bonds. The van der Waals surface area contributed by atoms with Gasteiger partial charge in [-0.3, -0.25) is 15.1 Å². The van der Waals surface area contributed by atoms with Crippen LogP contribution in [-0.2, 0) is 0 Å². The highest BCUT2D eigenvalue weighted by molar-refractivity contribution is 5.94.